The van der Waals surface area contributed by atoms with Gasteiger partial charge in [0.15, 0.2) is 5.78 Å². The molecule has 0 saturated heterocycles. The van der Waals surface area contributed by atoms with Crippen molar-refractivity contribution in [2.45, 2.75) is 6.92 Å². The number of carbonyl (C=O) groups is 1. The average Bonchev–Trinajstić information content (AvgIpc) is 3.45. The smallest absolute Gasteiger partial charge is 0.152 e. The van der Waals surface area contributed by atoms with Gasteiger partial charge in [0.2, 0.25) is 0 Å². The maximum Gasteiger partial charge on any atom is 0.152 e. The second-order valence-corrected chi connectivity index (χ2v) is 7.22. The molecule has 0 fully saturated rings. The van der Waals surface area contributed by atoms with E-state index < -0.39 is 0 Å². The van der Waals surface area contributed by atoms with Crippen LogP contribution in [0.4, 0.5) is 0 Å². The lowest BCUT2D eigenvalue weighted by molar-refractivity contribution is -0.112. The van der Waals surface area contributed by atoms with Gasteiger partial charge >= 0.3 is 0 Å². The van der Waals surface area contributed by atoms with Crippen LogP contribution < -0.4 is 21.4 Å². The first-order valence-electron chi connectivity index (χ1n) is 9.48. The van der Waals surface area contributed by atoms with E-state index in [1.165, 1.54) is 0 Å². The van der Waals surface area contributed by atoms with Crippen LogP contribution in [-0.4, -0.2) is 25.7 Å². The molecule has 1 aliphatic rings. The molecule has 142 valence electrons. The molecule has 5 heteroatoms. The lowest BCUT2D eigenvalue weighted by atomic mass is 10.2. The lowest BCUT2D eigenvalue weighted by Gasteiger charge is -1.90. The number of H-pyrrole nitrogens is 4. The van der Waals surface area contributed by atoms with E-state index in [1.807, 2.05) is 30.3 Å². The minimum absolute atomic E-state index is 0.0208. The van der Waals surface area contributed by atoms with Crippen LogP contribution in [0, 0.1) is 0 Å². The zero-order valence-electron chi connectivity index (χ0n) is 15.9. The first-order chi connectivity index (χ1) is 14.1. The summed E-state index contributed by atoms with van der Waals surface area (Å²) < 4.78 is 0. The molecule has 4 aromatic heterocycles. The quantitative estimate of drug-likeness (QED) is 0.342. The minimum Gasteiger partial charge on any atom is -0.355 e. The molecule has 0 aromatic carbocycles. The lowest BCUT2D eigenvalue weighted by Crippen LogP contribution is -2.11. The summed E-state index contributed by atoms with van der Waals surface area (Å²) in [7, 11) is 0. The van der Waals surface area contributed by atoms with E-state index in [9.17, 15) is 4.79 Å². The second-order valence-electron chi connectivity index (χ2n) is 7.22. The van der Waals surface area contributed by atoms with Crippen LogP contribution in [0.1, 0.15) is 35.3 Å². The van der Waals surface area contributed by atoms with Crippen LogP contribution in [0.2, 0.25) is 0 Å². The van der Waals surface area contributed by atoms with Gasteiger partial charge in [-0.15, -0.1) is 0 Å². The van der Waals surface area contributed by atoms with Gasteiger partial charge in [-0.1, -0.05) is 0 Å². The summed E-state index contributed by atoms with van der Waals surface area (Å²) in [6, 6.07) is 14.4. The third kappa shape index (κ3) is 3.71. The minimum atomic E-state index is 0.0208. The van der Waals surface area contributed by atoms with Crippen LogP contribution in [0.15, 0.2) is 48.5 Å². The number of hydrogen-bond acceptors (Lipinski definition) is 1. The Morgan fingerprint density at radius 1 is 0.690 bits per heavy atom. The fourth-order valence-corrected chi connectivity index (χ4v) is 3.50. The Bertz CT molecular complexity index is 1480. The van der Waals surface area contributed by atoms with Crippen LogP contribution >= 0.6 is 0 Å². The molecule has 0 atom stereocenters. The van der Waals surface area contributed by atoms with E-state index in [4.69, 9.17) is 0 Å². The number of allylic oxidation sites excluding steroid dienone is 1. The number of ketones is 1. The Kier molecular flexibility index (Phi) is 4.06. The van der Waals surface area contributed by atoms with Crippen molar-refractivity contribution >= 4 is 36.2 Å². The third-order valence-corrected chi connectivity index (χ3v) is 4.82. The van der Waals surface area contributed by atoms with Gasteiger partial charge in [0.05, 0.1) is 0 Å². The normalized spacial score (nSPS) is 12.7. The fourth-order valence-electron chi connectivity index (χ4n) is 3.50. The topological polar surface area (TPSA) is 80.2 Å². The van der Waals surface area contributed by atoms with E-state index in [0.717, 1.165) is 49.7 Å². The summed E-state index contributed by atoms with van der Waals surface area (Å²) in [4.78, 5) is 25.1. The highest BCUT2D eigenvalue weighted by molar-refractivity contribution is 5.91. The van der Waals surface area contributed by atoms with Crippen LogP contribution in [0.3, 0.4) is 0 Å². The van der Waals surface area contributed by atoms with Crippen molar-refractivity contribution in [2.24, 2.45) is 0 Å². The summed E-state index contributed by atoms with van der Waals surface area (Å²) in [5, 5.41) is 3.96. The van der Waals surface area contributed by atoms with E-state index in [1.54, 1.807) is 13.0 Å². The van der Waals surface area contributed by atoms with Crippen molar-refractivity contribution in [3.8, 4) is 0 Å². The van der Waals surface area contributed by atoms with Gasteiger partial charge in [0, 0.05) is 49.7 Å². The van der Waals surface area contributed by atoms with Crippen LogP contribution in [-0.2, 0) is 4.79 Å². The number of nitrogens with one attached hydrogen (secondary N) is 4. The van der Waals surface area contributed by atoms with Gasteiger partial charge in [0.25, 0.3) is 0 Å². The molecule has 1 aliphatic heterocycles. The van der Waals surface area contributed by atoms with Crippen molar-refractivity contribution < 1.29 is 4.79 Å². The molecule has 29 heavy (non-hydrogen) atoms. The SMILES string of the molecule is CC(=O)C=Cc1cc2[nH]c1=Cc1ccc([nH]1)C=c1ccc([nH]1)=Cc1ccc([nH]1)C=2. The van der Waals surface area contributed by atoms with E-state index >= 15 is 0 Å². The zero-order valence-corrected chi connectivity index (χ0v) is 15.9. The predicted molar refractivity (Wildman–Crippen MR) is 116 cm³/mol. The number of aromatic amines is 4. The molecular weight excluding hydrogens is 360 g/mol. The first-order valence-corrected chi connectivity index (χ1v) is 9.48. The number of fused-ring (bicyclic) bond motifs is 8. The molecule has 8 bridgehead atoms. The van der Waals surface area contributed by atoms with Crippen molar-refractivity contribution in [1.29, 1.82) is 0 Å². The number of aromatic nitrogens is 4. The van der Waals surface area contributed by atoms with Crippen molar-refractivity contribution in [1.82, 2.24) is 19.9 Å². The Balaban J connectivity index is 1.76. The molecular formula is C24H20N4O. The molecule has 0 amide bonds. The van der Waals surface area contributed by atoms with Gasteiger partial charge in [-0.3, -0.25) is 4.79 Å². The molecule has 5 heterocycles. The summed E-state index contributed by atoms with van der Waals surface area (Å²) >= 11 is 0. The molecule has 0 saturated carbocycles. The van der Waals surface area contributed by atoms with E-state index in [-0.39, 0.29) is 5.78 Å². The van der Waals surface area contributed by atoms with Crippen LogP contribution in [0.25, 0.3) is 30.4 Å². The largest absolute Gasteiger partial charge is 0.355 e. The molecule has 0 unspecified atom stereocenters. The van der Waals surface area contributed by atoms with Gasteiger partial charge in [-0.25, -0.2) is 0 Å². The number of rotatable bonds is 2. The average molecular weight is 380 g/mol. The molecule has 0 aliphatic carbocycles. The van der Waals surface area contributed by atoms with E-state index in [0.29, 0.717) is 0 Å². The Hall–Kier alpha value is -3.99. The highest BCUT2D eigenvalue weighted by atomic mass is 16.1. The molecule has 0 radical (unpaired) electrons. The Morgan fingerprint density at radius 2 is 1.24 bits per heavy atom. The maximum absolute atomic E-state index is 11.4. The fraction of sp³-hybridized carbons (Fsp3) is 0.0417. The first kappa shape index (κ1) is 17.1. The molecule has 0 spiro atoms. The summed E-state index contributed by atoms with van der Waals surface area (Å²) in [6.07, 6.45) is 11.7. The van der Waals surface area contributed by atoms with Crippen LogP contribution in [0.5, 0.6) is 0 Å². The highest BCUT2D eigenvalue weighted by Gasteiger charge is 2.01. The maximum atomic E-state index is 11.4. The summed E-state index contributed by atoms with van der Waals surface area (Å²) in [5.41, 5.74) is 4.98. The third-order valence-electron chi connectivity index (χ3n) is 4.82. The van der Waals surface area contributed by atoms with Gasteiger partial charge in [0.1, 0.15) is 0 Å². The molecule has 5 rings (SSSR count). The molecule has 5 nitrogen and oxygen atoms in total. The van der Waals surface area contributed by atoms with Gasteiger partial charge in [-0.05, 0) is 85.8 Å². The second kappa shape index (κ2) is 6.87. The van der Waals surface area contributed by atoms with Crippen molar-refractivity contribution in [3.63, 3.8) is 0 Å². The summed E-state index contributed by atoms with van der Waals surface area (Å²) in [5.74, 6) is 0.0208. The van der Waals surface area contributed by atoms with Crippen molar-refractivity contribution in [3.05, 3.63) is 98.3 Å². The number of carbonyl (C=O) groups excluding carboxylic acids is 1. The van der Waals surface area contributed by atoms with Gasteiger partial charge in [-0.2, -0.15) is 0 Å². The Morgan fingerprint density at radius 3 is 1.83 bits per heavy atom. The zero-order chi connectivity index (χ0) is 19.8. The summed E-state index contributed by atoms with van der Waals surface area (Å²) in [6.45, 7) is 1.55. The molecule has 4 aromatic rings. The standard InChI is InChI=1S/C24H20N4O/c1-15(29)2-3-16-10-23-13-21-7-6-19(26-21)11-17-4-5-18(25-17)12-20-8-9-22(27-20)14-24(16)28-23/h2-14,25-28H,1H3. The monoisotopic (exact) mass is 380 g/mol. The van der Waals surface area contributed by atoms with Gasteiger partial charge < -0.3 is 19.9 Å². The predicted octanol–water partition coefficient (Wildman–Crippen LogP) is 1.23. The van der Waals surface area contributed by atoms with E-state index in [2.05, 4.69) is 62.4 Å². The molecule has 4 N–H and O–H groups in total. The highest BCUT2D eigenvalue weighted by Crippen LogP contribution is 2.05. The Labute approximate surface area is 166 Å². The van der Waals surface area contributed by atoms with Crippen molar-refractivity contribution in [2.75, 3.05) is 0 Å². The number of hydrogen-bond donors (Lipinski definition) is 4.